The van der Waals surface area contributed by atoms with Crippen LogP contribution < -0.4 is 10.6 Å². The molecule has 4 aromatic rings. The van der Waals surface area contributed by atoms with E-state index in [1.807, 2.05) is 63.4 Å². The summed E-state index contributed by atoms with van der Waals surface area (Å²) in [6.45, 7) is 3.97. The second kappa shape index (κ2) is 11.3. The van der Waals surface area contributed by atoms with Crippen LogP contribution in [0.2, 0.25) is 10.0 Å². The molecule has 0 saturated carbocycles. The summed E-state index contributed by atoms with van der Waals surface area (Å²) in [5.41, 5.74) is 1.14. The largest absolute Gasteiger partial charge is 0.342 e. The van der Waals surface area contributed by atoms with Crippen molar-refractivity contribution in [3.8, 4) is 0 Å². The summed E-state index contributed by atoms with van der Waals surface area (Å²) < 4.78 is 1.80. The van der Waals surface area contributed by atoms with E-state index < -0.39 is 6.04 Å². The normalized spacial score (nSPS) is 12.1. The zero-order chi connectivity index (χ0) is 25.8. The summed E-state index contributed by atoms with van der Waals surface area (Å²) >= 11 is 13.3. The van der Waals surface area contributed by atoms with Crippen LogP contribution in [-0.4, -0.2) is 32.3 Å². The minimum absolute atomic E-state index is 0.0358. The average Bonchev–Trinajstić information content (AvgIpc) is 3.22. The van der Waals surface area contributed by atoms with Crippen LogP contribution >= 0.6 is 35.0 Å². The van der Waals surface area contributed by atoms with Gasteiger partial charge in [0, 0.05) is 18.3 Å². The highest BCUT2D eigenvalue weighted by molar-refractivity contribution is 7.99. The molecule has 0 spiro atoms. The maximum absolute atomic E-state index is 12.9. The number of halogens is 2. The third-order valence-electron chi connectivity index (χ3n) is 5.65. The lowest BCUT2D eigenvalue weighted by atomic mass is 10.0. The van der Waals surface area contributed by atoms with Gasteiger partial charge in [0.2, 0.25) is 5.91 Å². The van der Waals surface area contributed by atoms with Gasteiger partial charge in [-0.05, 0) is 47.0 Å². The first-order valence-electron chi connectivity index (χ1n) is 11.3. The molecule has 0 bridgehead atoms. The van der Waals surface area contributed by atoms with E-state index >= 15 is 0 Å². The van der Waals surface area contributed by atoms with Gasteiger partial charge < -0.3 is 15.2 Å². The van der Waals surface area contributed by atoms with Crippen LogP contribution in [0.25, 0.3) is 10.8 Å². The molecule has 0 unspecified atom stereocenters. The number of amides is 2. The number of carbonyl (C=O) groups is 2. The van der Waals surface area contributed by atoms with Gasteiger partial charge in [-0.1, -0.05) is 79.1 Å². The van der Waals surface area contributed by atoms with Crippen molar-refractivity contribution in [2.24, 2.45) is 13.0 Å². The molecule has 1 atom stereocenters. The van der Waals surface area contributed by atoms with E-state index in [1.165, 1.54) is 17.8 Å². The fourth-order valence-corrected chi connectivity index (χ4v) is 4.72. The number of fused-ring (bicyclic) bond motifs is 1. The summed E-state index contributed by atoms with van der Waals surface area (Å²) in [6, 6.07) is 18.1. The molecule has 2 amide bonds. The Morgan fingerprint density at radius 2 is 1.72 bits per heavy atom. The van der Waals surface area contributed by atoms with Gasteiger partial charge in [-0.3, -0.25) is 9.59 Å². The van der Waals surface area contributed by atoms with Crippen LogP contribution in [0.15, 0.2) is 65.8 Å². The first kappa shape index (κ1) is 26.0. The van der Waals surface area contributed by atoms with E-state index in [0.717, 1.165) is 16.5 Å². The molecule has 0 fully saturated rings. The molecule has 7 nitrogen and oxygen atoms in total. The zero-order valence-electron chi connectivity index (χ0n) is 20.0. The quantitative estimate of drug-likeness (QED) is 0.262. The van der Waals surface area contributed by atoms with E-state index in [9.17, 15) is 9.59 Å². The van der Waals surface area contributed by atoms with Crippen LogP contribution in [0.3, 0.4) is 0 Å². The maximum atomic E-state index is 12.9. The van der Waals surface area contributed by atoms with E-state index in [0.29, 0.717) is 26.6 Å². The van der Waals surface area contributed by atoms with Crippen molar-refractivity contribution < 1.29 is 9.59 Å². The number of thioether (sulfide) groups is 1. The lowest BCUT2D eigenvalue weighted by molar-refractivity contribution is -0.113. The number of rotatable bonds is 8. The first-order valence-corrected chi connectivity index (χ1v) is 13.0. The Kier molecular flexibility index (Phi) is 8.18. The highest BCUT2D eigenvalue weighted by atomic mass is 35.5. The van der Waals surface area contributed by atoms with Gasteiger partial charge in [-0.2, -0.15) is 0 Å². The lowest BCUT2D eigenvalue weighted by Gasteiger charge is -2.22. The SMILES string of the molecule is CC(C)[C@@H](NC(=O)c1ccc(Cl)c(Cl)c1)c1nnc(SCC(=O)Nc2ccc3ccccc3c2)n1C. The van der Waals surface area contributed by atoms with Crippen molar-refractivity contribution in [2.45, 2.75) is 25.0 Å². The maximum Gasteiger partial charge on any atom is 0.251 e. The summed E-state index contributed by atoms with van der Waals surface area (Å²) in [4.78, 5) is 25.4. The molecule has 3 aromatic carbocycles. The second-order valence-corrected chi connectivity index (χ2v) is 10.4. The molecule has 4 rings (SSSR count). The van der Waals surface area contributed by atoms with Gasteiger partial charge >= 0.3 is 0 Å². The van der Waals surface area contributed by atoms with Crippen LogP contribution in [0.4, 0.5) is 5.69 Å². The predicted octanol–water partition coefficient (Wildman–Crippen LogP) is 6.13. The Balaban J connectivity index is 1.41. The average molecular weight is 542 g/mol. The number of carbonyl (C=O) groups excluding carboxylic acids is 2. The van der Waals surface area contributed by atoms with Crippen molar-refractivity contribution >= 4 is 63.2 Å². The van der Waals surface area contributed by atoms with Crippen LogP contribution in [0.5, 0.6) is 0 Å². The van der Waals surface area contributed by atoms with Crippen molar-refractivity contribution in [1.82, 2.24) is 20.1 Å². The molecular weight excluding hydrogens is 517 g/mol. The van der Waals surface area contributed by atoms with Crippen LogP contribution in [0.1, 0.15) is 36.1 Å². The van der Waals surface area contributed by atoms with Crippen LogP contribution in [0, 0.1) is 5.92 Å². The monoisotopic (exact) mass is 541 g/mol. The number of nitrogens with zero attached hydrogens (tertiary/aromatic N) is 3. The third-order valence-corrected chi connectivity index (χ3v) is 7.41. The minimum atomic E-state index is -0.398. The molecule has 0 aliphatic carbocycles. The van der Waals surface area contributed by atoms with Crippen molar-refractivity contribution in [2.75, 3.05) is 11.1 Å². The highest BCUT2D eigenvalue weighted by Gasteiger charge is 2.25. The Morgan fingerprint density at radius 1 is 0.972 bits per heavy atom. The van der Waals surface area contributed by atoms with Gasteiger partial charge in [0.05, 0.1) is 21.8 Å². The van der Waals surface area contributed by atoms with E-state index in [-0.39, 0.29) is 23.5 Å². The molecule has 0 saturated heterocycles. The number of hydrogen-bond donors (Lipinski definition) is 2. The van der Waals surface area contributed by atoms with Gasteiger partial charge in [0.25, 0.3) is 5.91 Å². The summed E-state index contributed by atoms with van der Waals surface area (Å²) in [5.74, 6) is 0.359. The molecule has 2 N–H and O–H groups in total. The molecule has 10 heteroatoms. The molecule has 0 radical (unpaired) electrons. The van der Waals surface area contributed by atoms with Crippen LogP contribution in [-0.2, 0) is 11.8 Å². The molecule has 0 aliphatic heterocycles. The fraction of sp³-hybridized carbons (Fsp3) is 0.231. The molecule has 1 heterocycles. The number of hydrogen-bond acceptors (Lipinski definition) is 5. The van der Waals surface area contributed by atoms with E-state index in [1.54, 1.807) is 16.7 Å². The van der Waals surface area contributed by atoms with Crippen molar-refractivity contribution in [3.63, 3.8) is 0 Å². The summed E-state index contributed by atoms with van der Waals surface area (Å²) in [5, 5.41) is 17.9. The first-order chi connectivity index (χ1) is 17.2. The van der Waals surface area contributed by atoms with Gasteiger partial charge in [0.1, 0.15) is 0 Å². The van der Waals surface area contributed by atoms with Gasteiger partial charge in [-0.25, -0.2) is 0 Å². The van der Waals surface area contributed by atoms with Crippen molar-refractivity contribution in [3.05, 3.63) is 82.1 Å². The molecular formula is C26H25Cl2N5O2S. The van der Waals surface area contributed by atoms with E-state index in [2.05, 4.69) is 20.8 Å². The Hall–Kier alpha value is -3.07. The molecule has 1 aromatic heterocycles. The molecule has 186 valence electrons. The fourth-order valence-electron chi connectivity index (χ4n) is 3.71. The smallest absolute Gasteiger partial charge is 0.251 e. The molecule has 0 aliphatic rings. The number of nitrogens with one attached hydrogen (secondary N) is 2. The summed E-state index contributed by atoms with van der Waals surface area (Å²) in [6.07, 6.45) is 0. The molecule has 36 heavy (non-hydrogen) atoms. The Labute approximate surface area is 223 Å². The third kappa shape index (κ3) is 6.00. The lowest BCUT2D eigenvalue weighted by Crippen LogP contribution is -2.33. The van der Waals surface area contributed by atoms with E-state index in [4.69, 9.17) is 23.2 Å². The second-order valence-electron chi connectivity index (χ2n) is 8.62. The highest BCUT2D eigenvalue weighted by Crippen LogP contribution is 2.26. The van der Waals surface area contributed by atoms with Crippen molar-refractivity contribution in [1.29, 1.82) is 0 Å². The number of benzene rings is 3. The topological polar surface area (TPSA) is 88.9 Å². The number of aromatic nitrogens is 3. The zero-order valence-corrected chi connectivity index (χ0v) is 22.3. The standard InChI is InChI=1S/C26H25Cl2N5O2S/c1-15(2)23(30-25(35)18-9-11-20(27)21(28)13-18)24-31-32-26(33(24)3)36-14-22(34)29-19-10-8-16-6-4-5-7-17(16)12-19/h4-13,15,23H,14H2,1-3H3,(H,29,34)(H,30,35)/t23-/m1/s1. The Morgan fingerprint density at radius 3 is 2.44 bits per heavy atom. The minimum Gasteiger partial charge on any atom is -0.342 e. The van der Waals surface area contributed by atoms with Gasteiger partial charge in [-0.15, -0.1) is 10.2 Å². The predicted molar refractivity (Wildman–Crippen MR) is 146 cm³/mol. The summed E-state index contributed by atoms with van der Waals surface area (Å²) in [7, 11) is 1.82. The number of anilines is 1. The Bertz CT molecular complexity index is 1420. The van der Waals surface area contributed by atoms with Gasteiger partial charge in [0.15, 0.2) is 11.0 Å².